The van der Waals surface area contributed by atoms with E-state index in [1.165, 1.54) is 7.11 Å². The number of nitrogens with zero attached hydrogens (tertiary/aromatic N) is 1. The number of methoxy groups -OCH3 is 1. The highest BCUT2D eigenvalue weighted by atomic mass is 16.5. The number of hydrogen-bond acceptors (Lipinski definition) is 4. The second-order valence-corrected chi connectivity index (χ2v) is 4.10. The van der Waals surface area contributed by atoms with Crippen molar-refractivity contribution < 1.29 is 14.6 Å². The number of nitrogens with one attached hydrogen (secondary N) is 1. The zero-order chi connectivity index (χ0) is 13.2. The maximum Gasteiger partial charge on any atom is 0.220 e. The van der Waals surface area contributed by atoms with Crippen molar-refractivity contribution in [1.29, 1.82) is 0 Å². The van der Waals surface area contributed by atoms with E-state index in [-0.39, 0.29) is 5.91 Å². The van der Waals surface area contributed by atoms with Gasteiger partial charge in [-0.2, -0.15) is 0 Å². The van der Waals surface area contributed by atoms with E-state index in [1.54, 1.807) is 12.4 Å². The number of aryl methyl sites for hydroxylation is 1. The number of carbonyl (C=O) groups excluding carboxylic acids is 1. The fourth-order valence-corrected chi connectivity index (χ4v) is 1.55. The number of aliphatic hydroxyl groups excluding tert-OH is 1. The summed E-state index contributed by atoms with van der Waals surface area (Å²) in [6.07, 6.45) is 4.58. The summed E-state index contributed by atoms with van der Waals surface area (Å²) in [5.41, 5.74) is 1.10. The second kappa shape index (κ2) is 8.60. The summed E-state index contributed by atoms with van der Waals surface area (Å²) in [7, 11) is 1.54. The molecule has 0 aliphatic heterocycles. The molecule has 0 saturated heterocycles. The molecule has 5 nitrogen and oxygen atoms in total. The van der Waals surface area contributed by atoms with E-state index in [9.17, 15) is 9.90 Å². The van der Waals surface area contributed by atoms with Crippen LogP contribution in [-0.4, -0.2) is 42.4 Å². The minimum atomic E-state index is -0.518. The molecule has 0 spiro atoms. The Labute approximate surface area is 107 Å². The first kappa shape index (κ1) is 14.6. The lowest BCUT2D eigenvalue weighted by atomic mass is 10.1. The smallest absolute Gasteiger partial charge is 0.220 e. The summed E-state index contributed by atoms with van der Waals surface area (Å²) >= 11 is 0. The van der Waals surface area contributed by atoms with Crippen LogP contribution in [0, 0.1) is 0 Å². The molecule has 18 heavy (non-hydrogen) atoms. The van der Waals surface area contributed by atoms with Crippen molar-refractivity contribution in [2.75, 3.05) is 20.3 Å². The predicted molar refractivity (Wildman–Crippen MR) is 68.1 cm³/mol. The number of aliphatic hydroxyl groups is 1. The summed E-state index contributed by atoms with van der Waals surface area (Å²) in [5.74, 6) is -0.00331. The Hall–Kier alpha value is -1.46. The molecule has 0 radical (unpaired) electrons. The Kier molecular flexibility index (Phi) is 6.98. The van der Waals surface area contributed by atoms with Crippen molar-refractivity contribution in [3.8, 4) is 0 Å². The molecule has 1 amide bonds. The molecule has 1 unspecified atom stereocenters. The van der Waals surface area contributed by atoms with Crippen LogP contribution in [0.1, 0.15) is 18.4 Å². The second-order valence-electron chi connectivity index (χ2n) is 4.10. The van der Waals surface area contributed by atoms with Crippen LogP contribution in [0.4, 0.5) is 0 Å². The van der Waals surface area contributed by atoms with Crippen molar-refractivity contribution in [1.82, 2.24) is 10.3 Å². The highest BCUT2D eigenvalue weighted by Gasteiger charge is 2.05. The summed E-state index contributed by atoms with van der Waals surface area (Å²) in [5, 5.41) is 12.2. The van der Waals surface area contributed by atoms with E-state index in [1.807, 2.05) is 12.1 Å². The quantitative estimate of drug-likeness (QED) is 0.708. The first-order valence-electron chi connectivity index (χ1n) is 6.05. The SMILES string of the molecule is COCC(O)CCNC(=O)CCc1ccncc1. The Morgan fingerprint density at radius 3 is 2.89 bits per heavy atom. The summed E-state index contributed by atoms with van der Waals surface area (Å²) in [4.78, 5) is 15.4. The zero-order valence-corrected chi connectivity index (χ0v) is 10.6. The number of hydrogen-bond donors (Lipinski definition) is 2. The molecular formula is C13H20N2O3. The molecule has 1 heterocycles. The van der Waals surface area contributed by atoms with Gasteiger partial charge in [-0.15, -0.1) is 0 Å². The molecule has 1 aromatic heterocycles. The van der Waals surface area contributed by atoms with E-state index >= 15 is 0 Å². The molecule has 5 heteroatoms. The highest BCUT2D eigenvalue weighted by molar-refractivity contribution is 5.76. The van der Waals surface area contributed by atoms with Gasteiger partial charge in [0.05, 0.1) is 12.7 Å². The van der Waals surface area contributed by atoms with Gasteiger partial charge >= 0.3 is 0 Å². The average molecular weight is 252 g/mol. The number of ether oxygens (including phenoxy) is 1. The Balaban J connectivity index is 2.11. The summed E-state index contributed by atoms with van der Waals surface area (Å²) in [6.45, 7) is 0.770. The topological polar surface area (TPSA) is 71.5 Å². The zero-order valence-electron chi connectivity index (χ0n) is 10.6. The van der Waals surface area contributed by atoms with Gasteiger partial charge in [0.1, 0.15) is 0 Å². The standard InChI is InChI=1S/C13H20N2O3/c1-18-10-12(16)6-9-15-13(17)3-2-11-4-7-14-8-5-11/h4-5,7-8,12,16H,2-3,6,9-10H2,1H3,(H,15,17). The molecule has 2 N–H and O–H groups in total. The van der Waals surface area contributed by atoms with Crippen LogP contribution in [0.5, 0.6) is 0 Å². The van der Waals surface area contributed by atoms with Gasteiger partial charge in [0, 0.05) is 32.5 Å². The number of amides is 1. The van der Waals surface area contributed by atoms with Crippen molar-refractivity contribution in [3.63, 3.8) is 0 Å². The van der Waals surface area contributed by atoms with E-state index in [4.69, 9.17) is 4.74 Å². The lowest BCUT2D eigenvalue weighted by Gasteiger charge is -2.10. The molecule has 1 aromatic rings. The summed E-state index contributed by atoms with van der Waals surface area (Å²) in [6, 6.07) is 3.80. The number of carbonyl (C=O) groups is 1. The molecule has 0 fully saturated rings. The third-order valence-corrected chi connectivity index (χ3v) is 2.55. The van der Waals surface area contributed by atoms with Gasteiger partial charge in [0.2, 0.25) is 5.91 Å². The molecule has 1 atom stereocenters. The third kappa shape index (κ3) is 6.32. The summed E-state index contributed by atoms with van der Waals surface area (Å²) < 4.78 is 4.80. The Bertz CT molecular complexity index is 343. The predicted octanol–water partition coefficient (Wildman–Crippen LogP) is 0.528. The largest absolute Gasteiger partial charge is 0.391 e. The Morgan fingerprint density at radius 1 is 1.50 bits per heavy atom. The van der Waals surface area contributed by atoms with Crippen LogP contribution in [0.15, 0.2) is 24.5 Å². The molecule has 0 aromatic carbocycles. The van der Waals surface area contributed by atoms with Gasteiger partial charge in [0.25, 0.3) is 0 Å². The first-order valence-corrected chi connectivity index (χ1v) is 6.05. The van der Waals surface area contributed by atoms with E-state index in [2.05, 4.69) is 10.3 Å². The van der Waals surface area contributed by atoms with Crippen molar-refractivity contribution >= 4 is 5.91 Å². The van der Waals surface area contributed by atoms with Gasteiger partial charge in [0.15, 0.2) is 0 Å². The fourth-order valence-electron chi connectivity index (χ4n) is 1.55. The monoisotopic (exact) mass is 252 g/mol. The van der Waals surface area contributed by atoms with Crippen LogP contribution < -0.4 is 5.32 Å². The molecule has 1 rings (SSSR count). The first-order chi connectivity index (χ1) is 8.72. The van der Waals surface area contributed by atoms with Crippen molar-refractivity contribution in [2.24, 2.45) is 0 Å². The van der Waals surface area contributed by atoms with Crippen molar-refractivity contribution in [3.05, 3.63) is 30.1 Å². The number of pyridine rings is 1. The van der Waals surface area contributed by atoms with E-state index in [0.717, 1.165) is 5.56 Å². The minimum Gasteiger partial charge on any atom is -0.391 e. The van der Waals surface area contributed by atoms with E-state index < -0.39 is 6.10 Å². The number of aromatic nitrogens is 1. The van der Waals surface area contributed by atoms with Crippen LogP contribution in [-0.2, 0) is 16.0 Å². The normalized spacial score (nSPS) is 12.1. The molecule has 100 valence electrons. The van der Waals surface area contributed by atoms with Gasteiger partial charge in [-0.05, 0) is 30.5 Å². The lowest BCUT2D eigenvalue weighted by molar-refractivity contribution is -0.121. The van der Waals surface area contributed by atoms with Crippen LogP contribution in [0.2, 0.25) is 0 Å². The van der Waals surface area contributed by atoms with Crippen LogP contribution in [0.25, 0.3) is 0 Å². The maximum absolute atomic E-state index is 11.5. The van der Waals surface area contributed by atoms with Crippen molar-refractivity contribution in [2.45, 2.75) is 25.4 Å². The average Bonchev–Trinajstić information content (AvgIpc) is 2.38. The minimum absolute atomic E-state index is 0.00331. The molecule has 0 saturated carbocycles. The van der Waals surface area contributed by atoms with E-state index in [0.29, 0.717) is 32.4 Å². The van der Waals surface area contributed by atoms with Gasteiger partial charge < -0.3 is 15.2 Å². The highest BCUT2D eigenvalue weighted by Crippen LogP contribution is 2.00. The van der Waals surface area contributed by atoms with Gasteiger partial charge in [-0.1, -0.05) is 0 Å². The molecule has 0 aliphatic carbocycles. The lowest BCUT2D eigenvalue weighted by Crippen LogP contribution is -2.28. The number of rotatable bonds is 8. The maximum atomic E-state index is 11.5. The van der Waals surface area contributed by atoms with Gasteiger partial charge in [-0.3, -0.25) is 9.78 Å². The molecule has 0 bridgehead atoms. The molecule has 0 aliphatic rings. The van der Waals surface area contributed by atoms with Crippen LogP contribution >= 0.6 is 0 Å². The third-order valence-electron chi connectivity index (χ3n) is 2.55. The fraction of sp³-hybridized carbons (Fsp3) is 0.538. The molecular weight excluding hydrogens is 232 g/mol. The van der Waals surface area contributed by atoms with Crippen LogP contribution in [0.3, 0.4) is 0 Å². The Morgan fingerprint density at radius 2 is 2.22 bits per heavy atom. The van der Waals surface area contributed by atoms with Gasteiger partial charge in [-0.25, -0.2) is 0 Å².